The summed E-state index contributed by atoms with van der Waals surface area (Å²) in [5.41, 5.74) is 3.57. The smallest absolute Gasteiger partial charge is 0.229 e. The summed E-state index contributed by atoms with van der Waals surface area (Å²) in [5.74, 6) is -0.416. The van der Waals surface area contributed by atoms with Crippen LogP contribution in [0.5, 0.6) is 0 Å². The molecule has 2 aromatic carbocycles. The number of nitrogens with one attached hydrogen (secondary N) is 1. The zero-order valence-corrected chi connectivity index (χ0v) is 18.5. The molecule has 1 aliphatic heterocycles. The van der Waals surface area contributed by atoms with Gasteiger partial charge in [-0.25, -0.2) is 0 Å². The average molecular weight is 439 g/mol. The molecule has 1 saturated heterocycles. The van der Waals surface area contributed by atoms with Crippen LogP contribution in [-0.4, -0.2) is 11.8 Å². The third-order valence-electron chi connectivity index (χ3n) is 5.52. The minimum atomic E-state index is -0.359. The molecule has 4 rings (SSSR count). The molecule has 4 nitrogen and oxygen atoms in total. The van der Waals surface area contributed by atoms with Crippen LogP contribution in [0.1, 0.15) is 34.9 Å². The maximum absolute atomic E-state index is 13.3. The second-order valence-corrected chi connectivity index (χ2v) is 9.04. The number of hydrogen-bond acceptors (Lipinski definition) is 3. The molecular formula is C24H23ClN2O2S. The number of anilines is 2. The maximum Gasteiger partial charge on any atom is 0.229 e. The first-order valence-electron chi connectivity index (χ1n) is 9.93. The monoisotopic (exact) mass is 438 g/mol. The topological polar surface area (TPSA) is 49.4 Å². The Labute approximate surface area is 185 Å². The first-order chi connectivity index (χ1) is 14.4. The van der Waals surface area contributed by atoms with Crippen molar-refractivity contribution in [3.63, 3.8) is 0 Å². The summed E-state index contributed by atoms with van der Waals surface area (Å²) in [6, 6.07) is 17.0. The minimum Gasteiger partial charge on any atom is -0.326 e. The summed E-state index contributed by atoms with van der Waals surface area (Å²) in [4.78, 5) is 29.1. The van der Waals surface area contributed by atoms with Gasteiger partial charge in [0, 0.05) is 27.7 Å². The molecule has 1 N–H and O–H groups in total. The highest BCUT2D eigenvalue weighted by Crippen LogP contribution is 2.42. The highest BCUT2D eigenvalue weighted by Gasteiger charge is 2.42. The normalized spacial score (nSPS) is 19.0. The Balaban J connectivity index is 1.68. The van der Waals surface area contributed by atoms with E-state index in [0.717, 1.165) is 21.7 Å². The van der Waals surface area contributed by atoms with E-state index in [4.69, 9.17) is 11.6 Å². The molecule has 0 saturated carbocycles. The predicted octanol–water partition coefficient (Wildman–Crippen LogP) is 6.14. The predicted molar refractivity (Wildman–Crippen MR) is 123 cm³/mol. The molecule has 2 amide bonds. The van der Waals surface area contributed by atoms with E-state index in [-0.39, 0.29) is 23.8 Å². The van der Waals surface area contributed by atoms with E-state index in [9.17, 15) is 9.59 Å². The third kappa shape index (κ3) is 4.13. The van der Waals surface area contributed by atoms with Crippen molar-refractivity contribution in [3.8, 4) is 0 Å². The van der Waals surface area contributed by atoms with Crippen LogP contribution in [0.3, 0.4) is 0 Å². The Kier molecular flexibility index (Phi) is 5.93. The lowest BCUT2D eigenvalue weighted by Crippen LogP contribution is -2.46. The maximum atomic E-state index is 13.3. The van der Waals surface area contributed by atoms with E-state index in [0.29, 0.717) is 23.6 Å². The van der Waals surface area contributed by atoms with Gasteiger partial charge in [-0.15, -0.1) is 11.3 Å². The van der Waals surface area contributed by atoms with E-state index in [1.54, 1.807) is 22.3 Å². The number of halogens is 1. The molecular weight excluding hydrogens is 416 g/mol. The Morgan fingerprint density at radius 1 is 1.13 bits per heavy atom. The number of carbonyl (C=O) groups excluding carboxylic acids is 2. The lowest BCUT2D eigenvalue weighted by Gasteiger charge is -2.40. The summed E-state index contributed by atoms with van der Waals surface area (Å²) < 4.78 is 0. The highest BCUT2D eigenvalue weighted by molar-refractivity contribution is 7.10. The molecule has 6 heteroatoms. The Hall–Kier alpha value is -2.63. The Morgan fingerprint density at radius 3 is 2.57 bits per heavy atom. The third-order valence-corrected chi connectivity index (χ3v) is 6.87. The Morgan fingerprint density at radius 2 is 1.90 bits per heavy atom. The molecule has 30 heavy (non-hydrogen) atoms. The number of nitrogens with zero attached hydrogens (tertiary/aromatic N) is 1. The van der Waals surface area contributed by atoms with E-state index < -0.39 is 0 Å². The highest BCUT2D eigenvalue weighted by atomic mass is 35.5. The van der Waals surface area contributed by atoms with Gasteiger partial charge in [0.1, 0.15) is 0 Å². The summed E-state index contributed by atoms with van der Waals surface area (Å²) in [6.45, 7) is 3.94. The largest absolute Gasteiger partial charge is 0.326 e. The van der Waals surface area contributed by atoms with Crippen LogP contribution >= 0.6 is 22.9 Å². The molecule has 0 spiro atoms. The molecule has 0 aliphatic carbocycles. The number of thiophene rings is 1. The molecule has 0 bridgehead atoms. The molecule has 2 heterocycles. The number of hydrogen-bond donors (Lipinski definition) is 1. The summed E-state index contributed by atoms with van der Waals surface area (Å²) in [7, 11) is 0. The van der Waals surface area contributed by atoms with E-state index >= 15 is 0 Å². The lowest BCUT2D eigenvalue weighted by atomic mass is 9.86. The second-order valence-electron chi connectivity index (χ2n) is 7.66. The van der Waals surface area contributed by atoms with Crippen LogP contribution < -0.4 is 10.2 Å². The van der Waals surface area contributed by atoms with Crippen molar-refractivity contribution in [3.05, 3.63) is 81.0 Å². The van der Waals surface area contributed by atoms with Gasteiger partial charge in [0.15, 0.2) is 0 Å². The van der Waals surface area contributed by atoms with Crippen molar-refractivity contribution in [2.24, 2.45) is 5.92 Å². The van der Waals surface area contributed by atoms with Crippen LogP contribution in [0.25, 0.3) is 0 Å². The van der Waals surface area contributed by atoms with E-state index in [1.165, 1.54) is 0 Å². The lowest BCUT2D eigenvalue weighted by molar-refractivity contribution is -0.125. The van der Waals surface area contributed by atoms with Crippen molar-refractivity contribution in [1.82, 2.24) is 0 Å². The van der Waals surface area contributed by atoms with E-state index in [1.807, 2.05) is 67.8 Å². The summed E-state index contributed by atoms with van der Waals surface area (Å²) in [5, 5.41) is 5.61. The molecule has 1 aliphatic rings. The van der Waals surface area contributed by atoms with Gasteiger partial charge in [-0.2, -0.15) is 0 Å². The molecule has 1 fully saturated rings. The van der Waals surface area contributed by atoms with Crippen LogP contribution in [0.2, 0.25) is 5.02 Å². The zero-order chi connectivity index (χ0) is 21.3. The van der Waals surface area contributed by atoms with Gasteiger partial charge in [-0.1, -0.05) is 41.4 Å². The van der Waals surface area contributed by atoms with Crippen LogP contribution in [0.4, 0.5) is 11.4 Å². The van der Waals surface area contributed by atoms with Crippen LogP contribution in [-0.2, 0) is 9.59 Å². The van der Waals surface area contributed by atoms with Gasteiger partial charge in [-0.05, 0) is 61.5 Å². The molecule has 2 atom stereocenters. The molecule has 1 aromatic heterocycles. The summed E-state index contributed by atoms with van der Waals surface area (Å²) in [6.07, 6.45) is 0.845. The molecule has 0 unspecified atom stereocenters. The fourth-order valence-corrected chi connectivity index (χ4v) is 4.93. The van der Waals surface area contributed by atoms with Gasteiger partial charge in [0.05, 0.1) is 12.0 Å². The fourth-order valence-electron chi connectivity index (χ4n) is 3.87. The van der Waals surface area contributed by atoms with Crippen molar-refractivity contribution >= 4 is 46.1 Å². The van der Waals surface area contributed by atoms with Crippen LogP contribution in [0, 0.1) is 19.8 Å². The van der Waals surface area contributed by atoms with Gasteiger partial charge >= 0.3 is 0 Å². The molecule has 3 aromatic rings. The van der Waals surface area contributed by atoms with Crippen molar-refractivity contribution in [1.29, 1.82) is 0 Å². The van der Waals surface area contributed by atoms with Gasteiger partial charge in [-0.3, -0.25) is 9.59 Å². The standard InChI is InChI=1S/C24H23ClN2O2S/c1-15-5-9-18(10-6-15)27-22(28)12-11-19(23(27)21-4-3-13-30-21)24(29)26-17-8-7-16(2)20(25)14-17/h3-10,13-14,19,23H,11-12H2,1-2H3,(H,26,29)/t19-,23-/m0/s1. The number of amides is 2. The first kappa shape index (κ1) is 20.6. The number of aryl methyl sites for hydroxylation is 2. The first-order valence-corrected chi connectivity index (χ1v) is 11.2. The van der Waals surface area contributed by atoms with Gasteiger partial charge in [0.25, 0.3) is 0 Å². The van der Waals surface area contributed by atoms with Gasteiger partial charge in [0.2, 0.25) is 11.8 Å². The van der Waals surface area contributed by atoms with E-state index in [2.05, 4.69) is 5.32 Å². The SMILES string of the molecule is Cc1ccc(N2C(=O)CC[C@H](C(=O)Nc3ccc(C)c(Cl)c3)[C@H]2c2cccs2)cc1. The molecule has 0 radical (unpaired) electrons. The van der Waals surface area contributed by atoms with Gasteiger partial charge < -0.3 is 10.2 Å². The van der Waals surface area contributed by atoms with Crippen molar-refractivity contribution in [2.45, 2.75) is 32.7 Å². The average Bonchev–Trinajstić information content (AvgIpc) is 3.26. The van der Waals surface area contributed by atoms with Crippen LogP contribution in [0.15, 0.2) is 60.0 Å². The fraction of sp³-hybridized carbons (Fsp3) is 0.250. The van der Waals surface area contributed by atoms with Crippen molar-refractivity contribution < 1.29 is 9.59 Å². The quantitative estimate of drug-likeness (QED) is 0.531. The second kappa shape index (κ2) is 8.62. The Bertz CT molecular complexity index is 1060. The number of benzene rings is 2. The zero-order valence-electron chi connectivity index (χ0n) is 16.9. The van der Waals surface area contributed by atoms with Crippen molar-refractivity contribution in [2.75, 3.05) is 10.2 Å². The number of carbonyl (C=O) groups is 2. The number of piperidine rings is 1. The number of rotatable bonds is 4. The minimum absolute atomic E-state index is 0.0414. The molecule has 154 valence electrons. The summed E-state index contributed by atoms with van der Waals surface area (Å²) >= 11 is 7.80.